The van der Waals surface area contributed by atoms with E-state index in [4.69, 9.17) is 4.84 Å². The van der Waals surface area contributed by atoms with Crippen LogP contribution in [0.1, 0.15) is 46.5 Å². The lowest BCUT2D eigenvalue weighted by Crippen LogP contribution is -2.49. The summed E-state index contributed by atoms with van der Waals surface area (Å²) in [7, 11) is 2.13. The summed E-state index contributed by atoms with van der Waals surface area (Å²) in [6.07, 6.45) is 5.35. The summed E-state index contributed by atoms with van der Waals surface area (Å²) in [5, 5.41) is 2.16. The lowest BCUT2D eigenvalue weighted by molar-refractivity contribution is -0.195. The number of fused-ring (bicyclic) bond motifs is 1. The maximum atomic E-state index is 5.77. The zero-order valence-corrected chi connectivity index (χ0v) is 10.6. The molecule has 2 heteroatoms. The molecule has 3 atom stereocenters. The monoisotopic (exact) mass is 211 g/mol. The van der Waals surface area contributed by atoms with Gasteiger partial charge in [0.15, 0.2) is 0 Å². The Labute approximate surface area is 93.9 Å². The Morgan fingerprint density at radius 1 is 1.27 bits per heavy atom. The third kappa shape index (κ3) is 2.07. The standard InChI is InChI=1S/C13H25NO/c1-10-12-11(7-8-13(10,2)3)6-5-9-15-14(12)4/h10-12H,5-9H2,1-4H3. The molecule has 0 spiro atoms. The van der Waals surface area contributed by atoms with Gasteiger partial charge in [0.1, 0.15) is 0 Å². The first-order chi connectivity index (χ1) is 7.02. The summed E-state index contributed by atoms with van der Waals surface area (Å²) in [4.78, 5) is 5.77. The van der Waals surface area contributed by atoms with Crippen LogP contribution in [0.25, 0.3) is 0 Å². The van der Waals surface area contributed by atoms with E-state index in [0.29, 0.717) is 11.5 Å². The van der Waals surface area contributed by atoms with E-state index in [0.717, 1.165) is 18.4 Å². The van der Waals surface area contributed by atoms with Crippen LogP contribution in [-0.4, -0.2) is 24.8 Å². The van der Waals surface area contributed by atoms with Gasteiger partial charge in [0.05, 0.1) is 6.61 Å². The fourth-order valence-electron chi connectivity index (χ4n) is 3.39. The molecule has 0 N–H and O–H groups in total. The van der Waals surface area contributed by atoms with Crippen molar-refractivity contribution in [2.24, 2.45) is 17.3 Å². The molecule has 0 aromatic heterocycles. The molecule has 3 unspecified atom stereocenters. The number of nitrogens with zero attached hydrogens (tertiary/aromatic N) is 1. The van der Waals surface area contributed by atoms with E-state index < -0.39 is 0 Å². The van der Waals surface area contributed by atoms with Gasteiger partial charge >= 0.3 is 0 Å². The second kappa shape index (κ2) is 4.06. The second-order valence-electron chi connectivity index (χ2n) is 6.09. The molecular weight excluding hydrogens is 186 g/mol. The number of hydrogen-bond donors (Lipinski definition) is 0. The molecule has 2 fully saturated rings. The summed E-state index contributed by atoms with van der Waals surface area (Å²) in [6.45, 7) is 8.14. The van der Waals surface area contributed by atoms with Crippen molar-refractivity contribution in [1.29, 1.82) is 0 Å². The molecule has 2 aliphatic rings. The van der Waals surface area contributed by atoms with E-state index in [2.05, 4.69) is 32.9 Å². The minimum Gasteiger partial charge on any atom is -0.299 e. The van der Waals surface area contributed by atoms with Gasteiger partial charge in [-0.05, 0) is 42.9 Å². The van der Waals surface area contributed by atoms with E-state index in [-0.39, 0.29) is 0 Å². The summed E-state index contributed by atoms with van der Waals surface area (Å²) >= 11 is 0. The molecule has 1 aliphatic heterocycles. The molecule has 0 amide bonds. The van der Waals surface area contributed by atoms with Crippen molar-refractivity contribution in [3.05, 3.63) is 0 Å². The molecule has 0 aromatic carbocycles. The molecule has 1 aliphatic carbocycles. The third-order valence-electron chi connectivity index (χ3n) is 4.82. The van der Waals surface area contributed by atoms with Gasteiger partial charge in [0.25, 0.3) is 0 Å². The third-order valence-corrected chi connectivity index (χ3v) is 4.82. The van der Waals surface area contributed by atoms with Gasteiger partial charge in [0, 0.05) is 13.1 Å². The van der Waals surface area contributed by atoms with Crippen LogP contribution in [0.5, 0.6) is 0 Å². The Bertz CT molecular complexity index is 227. The van der Waals surface area contributed by atoms with Crippen LogP contribution in [0.2, 0.25) is 0 Å². The van der Waals surface area contributed by atoms with Crippen molar-refractivity contribution in [2.75, 3.05) is 13.7 Å². The topological polar surface area (TPSA) is 12.5 Å². The van der Waals surface area contributed by atoms with Crippen LogP contribution in [0.4, 0.5) is 0 Å². The van der Waals surface area contributed by atoms with Crippen LogP contribution in [0, 0.1) is 17.3 Å². The number of hydroxylamine groups is 2. The van der Waals surface area contributed by atoms with Gasteiger partial charge in [-0.15, -0.1) is 0 Å². The van der Waals surface area contributed by atoms with Gasteiger partial charge in [0.2, 0.25) is 0 Å². The smallest absolute Gasteiger partial charge is 0.0685 e. The fraction of sp³-hybridized carbons (Fsp3) is 1.00. The van der Waals surface area contributed by atoms with Crippen molar-refractivity contribution >= 4 is 0 Å². The highest BCUT2D eigenvalue weighted by Crippen LogP contribution is 2.46. The Hall–Kier alpha value is -0.0800. The molecule has 0 aromatic rings. The lowest BCUT2D eigenvalue weighted by Gasteiger charge is -2.48. The summed E-state index contributed by atoms with van der Waals surface area (Å²) in [5.74, 6) is 1.60. The van der Waals surface area contributed by atoms with Gasteiger partial charge in [-0.25, -0.2) is 0 Å². The molecule has 2 nitrogen and oxygen atoms in total. The predicted octanol–water partition coefficient (Wildman–Crippen LogP) is 3.08. The molecule has 0 bridgehead atoms. The molecule has 15 heavy (non-hydrogen) atoms. The Morgan fingerprint density at radius 3 is 2.73 bits per heavy atom. The minimum atomic E-state index is 0.475. The Morgan fingerprint density at radius 2 is 2.00 bits per heavy atom. The summed E-state index contributed by atoms with van der Waals surface area (Å²) < 4.78 is 0. The fourth-order valence-corrected chi connectivity index (χ4v) is 3.39. The second-order valence-corrected chi connectivity index (χ2v) is 6.09. The highest BCUT2D eigenvalue weighted by Gasteiger charge is 2.44. The molecule has 88 valence electrons. The van der Waals surface area contributed by atoms with Crippen molar-refractivity contribution in [1.82, 2.24) is 5.06 Å². The molecular formula is C13H25NO. The highest BCUT2D eigenvalue weighted by atomic mass is 16.7. The maximum Gasteiger partial charge on any atom is 0.0685 e. The first-order valence-electron chi connectivity index (χ1n) is 6.38. The summed E-state index contributed by atoms with van der Waals surface area (Å²) in [6, 6.07) is 0.635. The van der Waals surface area contributed by atoms with Crippen molar-refractivity contribution in [3.8, 4) is 0 Å². The van der Waals surface area contributed by atoms with Crippen LogP contribution in [0.3, 0.4) is 0 Å². The summed E-state index contributed by atoms with van der Waals surface area (Å²) in [5.41, 5.74) is 0.475. The van der Waals surface area contributed by atoms with Gasteiger partial charge in [-0.1, -0.05) is 20.8 Å². The zero-order valence-electron chi connectivity index (χ0n) is 10.6. The number of hydrogen-bond acceptors (Lipinski definition) is 2. The van der Waals surface area contributed by atoms with Crippen LogP contribution < -0.4 is 0 Å². The average Bonchev–Trinajstić information content (AvgIpc) is 2.35. The molecule has 1 saturated carbocycles. The molecule has 1 heterocycles. The lowest BCUT2D eigenvalue weighted by atomic mass is 9.62. The minimum absolute atomic E-state index is 0.475. The first-order valence-corrected chi connectivity index (χ1v) is 6.38. The molecule has 1 saturated heterocycles. The van der Waals surface area contributed by atoms with E-state index in [9.17, 15) is 0 Å². The molecule has 0 radical (unpaired) electrons. The van der Waals surface area contributed by atoms with Crippen molar-refractivity contribution in [3.63, 3.8) is 0 Å². The zero-order chi connectivity index (χ0) is 11.1. The van der Waals surface area contributed by atoms with E-state index in [1.165, 1.54) is 25.7 Å². The highest BCUT2D eigenvalue weighted by molar-refractivity contribution is 4.94. The van der Waals surface area contributed by atoms with Crippen molar-refractivity contribution in [2.45, 2.75) is 52.5 Å². The van der Waals surface area contributed by atoms with Crippen LogP contribution in [0.15, 0.2) is 0 Å². The normalized spacial score (nSPS) is 42.0. The van der Waals surface area contributed by atoms with E-state index >= 15 is 0 Å². The van der Waals surface area contributed by atoms with Crippen molar-refractivity contribution < 1.29 is 4.84 Å². The predicted molar refractivity (Wildman–Crippen MR) is 62.4 cm³/mol. The Kier molecular flexibility index (Phi) is 3.09. The van der Waals surface area contributed by atoms with E-state index in [1.54, 1.807) is 0 Å². The van der Waals surface area contributed by atoms with Gasteiger partial charge in [-0.2, -0.15) is 5.06 Å². The largest absolute Gasteiger partial charge is 0.299 e. The SMILES string of the molecule is CC1C2C(CCCON2C)CCC1(C)C. The van der Waals surface area contributed by atoms with E-state index in [1.807, 2.05) is 0 Å². The van der Waals surface area contributed by atoms with Gasteiger partial charge in [-0.3, -0.25) is 4.84 Å². The number of rotatable bonds is 0. The van der Waals surface area contributed by atoms with Gasteiger partial charge < -0.3 is 0 Å². The van der Waals surface area contributed by atoms with Crippen LogP contribution in [-0.2, 0) is 4.84 Å². The quantitative estimate of drug-likeness (QED) is 0.610. The van der Waals surface area contributed by atoms with Crippen LogP contribution >= 0.6 is 0 Å². The molecule has 2 rings (SSSR count). The maximum absolute atomic E-state index is 5.77. The first kappa shape index (κ1) is 11.4. The Balaban J connectivity index is 2.18. The average molecular weight is 211 g/mol.